The second-order valence-electron chi connectivity index (χ2n) is 8.26. The molecule has 8 heteroatoms. The second-order valence-corrected chi connectivity index (χ2v) is 8.26. The molecule has 2 N–H and O–H groups in total. The Balaban J connectivity index is 1.36. The highest BCUT2D eigenvalue weighted by molar-refractivity contribution is 5.92. The Bertz CT molecular complexity index is 1020. The summed E-state index contributed by atoms with van der Waals surface area (Å²) in [7, 11) is 1.74. The normalized spacial score (nSPS) is 14.1. The molecule has 1 saturated carbocycles. The van der Waals surface area contributed by atoms with E-state index in [2.05, 4.69) is 10.6 Å². The lowest BCUT2D eigenvalue weighted by molar-refractivity contribution is -0.123. The van der Waals surface area contributed by atoms with Crippen LogP contribution in [-0.2, 0) is 16.1 Å². The Labute approximate surface area is 187 Å². The molecule has 1 fully saturated rings. The van der Waals surface area contributed by atoms with Gasteiger partial charge in [0, 0.05) is 12.0 Å². The highest BCUT2D eigenvalue weighted by Crippen LogP contribution is 2.35. The molecule has 0 atom stereocenters. The fourth-order valence-corrected chi connectivity index (χ4v) is 4.06. The number of likely N-dealkylation sites (N-methyl/N-ethyl adjacent to an activating group) is 1. The molecule has 8 nitrogen and oxygen atoms in total. The van der Waals surface area contributed by atoms with E-state index >= 15 is 0 Å². The van der Waals surface area contributed by atoms with E-state index in [-0.39, 0.29) is 24.9 Å². The fourth-order valence-electron chi connectivity index (χ4n) is 4.06. The zero-order valence-electron chi connectivity index (χ0n) is 18.3. The van der Waals surface area contributed by atoms with E-state index in [1.165, 1.54) is 12.8 Å². The summed E-state index contributed by atoms with van der Waals surface area (Å²) in [6.07, 6.45) is 6.27. The maximum atomic E-state index is 12.7. The van der Waals surface area contributed by atoms with Crippen LogP contribution in [0.25, 0.3) is 5.69 Å². The van der Waals surface area contributed by atoms with Crippen LogP contribution in [0.1, 0.15) is 43.1 Å². The Hall–Kier alpha value is -3.39. The SMILES string of the molecule is CN(CC(=O)NCc1ccco1)CC(=O)Nc1cc(C2CCCC2)nn1-c1ccccc1. The van der Waals surface area contributed by atoms with Crippen molar-refractivity contribution in [1.29, 1.82) is 0 Å². The Morgan fingerprint density at radius 1 is 1.09 bits per heavy atom. The fraction of sp³-hybridized carbons (Fsp3) is 0.375. The topological polar surface area (TPSA) is 92.4 Å². The Kier molecular flexibility index (Phi) is 7.01. The maximum Gasteiger partial charge on any atom is 0.239 e. The smallest absolute Gasteiger partial charge is 0.239 e. The molecule has 0 saturated heterocycles. The number of carbonyl (C=O) groups excluding carboxylic acids is 2. The van der Waals surface area contributed by atoms with Crippen molar-refractivity contribution in [3.05, 3.63) is 66.2 Å². The van der Waals surface area contributed by atoms with Crippen molar-refractivity contribution in [1.82, 2.24) is 20.0 Å². The molecular formula is C24H29N5O3. The third kappa shape index (κ3) is 5.64. The standard InChI is InChI=1S/C24H29N5O3/c1-28(16-23(30)25-15-20-12-7-13-32-20)17-24(31)26-22-14-21(18-8-5-6-9-18)27-29(22)19-10-3-2-4-11-19/h2-4,7,10-14,18H,5-6,8-9,15-17H2,1H3,(H,25,30)(H,26,31). The summed E-state index contributed by atoms with van der Waals surface area (Å²) in [5.41, 5.74) is 1.92. The van der Waals surface area contributed by atoms with E-state index in [0.717, 1.165) is 24.2 Å². The average Bonchev–Trinajstić information content (AvgIpc) is 3.54. The molecule has 0 spiro atoms. The number of nitrogens with one attached hydrogen (secondary N) is 2. The summed E-state index contributed by atoms with van der Waals surface area (Å²) in [4.78, 5) is 26.5. The molecule has 1 aliphatic carbocycles. The van der Waals surface area contributed by atoms with Crippen LogP contribution in [0.5, 0.6) is 0 Å². The number of anilines is 1. The van der Waals surface area contributed by atoms with Gasteiger partial charge in [-0.1, -0.05) is 31.0 Å². The van der Waals surface area contributed by atoms with Crippen molar-refractivity contribution in [3.8, 4) is 5.69 Å². The number of hydrogen-bond acceptors (Lipinski definition) is 5. The van der Waals surface area contributed by atoms with Crippen LogP contribution >= 0.6 is 0 Å². The van der Waals surface area contributed by atoms with Gasteiger partial charge in [0.15, 0.2) is 0 Å². The number of aromatic nitrogens is 2. The van der Waals surface area contributed by atoms with Gasteiger partial charge in [-0.3, -0.25) is 14.5 Å². The molecule has 2 heterocycles. The van der Waals surface area contributed by atoms with Crippen molar-refractivity contribution in [2.45, 2.75) is 38.1 Å². The van der Waals surface area contributed by atoms with Gasteiger partial charge in [0.1, 0.15) is 11.6 Å². The minimum absolute atomic E-state index is 0.0902. The largest absolute Gasteiger partial charge is 0.467 e. The molecular weight excluding hydrogens is 406 g/mol. The number of furan rings is 1. The number of amides is 2. The summed E-state index contributed by atoms with van der Waals surface area (Å²) in [5.74, 6) is 1.41. The first kappa shape index (κ1) is 21.8. The molecule has 168 valence electrons. The first-order chi connectivity index (χ1) is 15.6. The highest BCUT2D eigenvalue weighted by Gasteiger charge is 2.23. The van der Waals surface area contributed by atoms with E-state index in [1.807, 2.05) is 36.4 Å². The molecule has 2 amide bonds. The van der Waals surface area contributed by atoms with E-state index in [9.17, 15) is 9.59 Å². The van der Waals surface area contributed by atoms with Crippen LogP contribution < -0.4 is 10.6 Å². The summed E-state index contributed by atoms with van der Waals surface area (Å²) >= 11 is 0. The minimum Gasteiger partial charge on any atom is -0.467 e. The summed E-state index contributed by atoms with van der Waals surface area (Å²) < 4.78 is 7.00. The molecule has 0 unspecified atom stereocenters. The van der Waals surface area contributed by atoms with Crippen molar-refractivity contribution in [3.63, 3.8) is 0 Å². The Morgan fingerprint density at radius 2 is 1.84 bits per heavy atom. The highest BCUT2D eigenvalue weighted by atomic mass is 16.3. The van der Waals surface area contributed by atoms with E-state index in [0.29, 0.717) is 24.0 Å². The van der Waals surface area contributed by atoms with Crippen LogP contribution in [0.2, 0.25) is 0 Å². The van der Waals surface area contributed by atoms with Gasteiger partial charge >= 0.3 is 0 Å². The van der Waals surface area contributed by atoms with Gasteiger partial charge in [-0.2, -0.15) is 5.10 Å². The summed E-state index contributed by atoms with van der Waals surface area (Å²) in [6.45, 7) is 0.526. The number of rotatable bonds is 9. The molecule has 1 aliphatic rings. The monoisotopic (exact) mass is 435 g/mol. The summed E-state index contributed by atoms with van der Waals surface area (Å²) in [5, 5.41) is 10.6. The van der Waals surface area contributed by atoms with Crippen molar-refractivity contribution in [2.75, 3.05) is 25.5 Å². The Morgan fingerprint density at radius 3 is 2.56 bits per heavy atom. The van der Waals surface area contributed by atoms with Crippen molar-refractivity contribution in [2.24, 2.45) is 0 Å². The van der Waals surface area contributed by atoms with E-state index < -0.39 is 0 Å². The zero-order valence-corrected chi connectivity index (χ0v) is 18.3. The lowest BCUT2D eigenvalue weighted by atomic mass is 10.0. The molecule has 0 radical (unpaired) electrons. The van der Waals surface area contributed by atoms with E-state index in [4.69, 9.17) is 9.52 Å². The lowest BCUT2D eigenvalue weighted by Gasteiger charge is -2.16. The van der Waals surface area contributed by atoms with Crippen LogP contribution in [-0.4, -0.2) is 46.6 Å². The van der Waals surface area contributed by atoms with Crippen molar-refractivity contribution >= 4 is 17.6 Å². The quantitative estimate of drug-likeness (QED) is 0.538. The second kappa shape index (κ2) is 10.3. The predicted octanol–water partition coefficient (Wildman–Crippen LogP) is 3.31. The van der Waals surface area contributed by atoms with Crippen LogP contribution in [0.15, 0.2) is 59.2 Å². The van der Waals surface area contributed by atoms with Gasteiger partial charge < -0.3 is 15.1 Å². The van der Waals surface area contributed by atoms with Gasteiger partial charge in [-0.25, -0.2) is 4.68 Å². The van der Waals surface area contributed by atoms with Gasteiger partial charge in [-0.05, 0) is 44.2 Å². The maximum absolute atomic E-state index is 12.7. The molecule has 0 bridgehead atoms. The number of para-hydroxylation sites is 1. The molecule has 2 aromatic heterocycles. The molecule has 1 aromatic carbocycles. The molecule has 4 rings (SSSR count). The third-order valence-electron chi connectivity index (χ3n) is 5.64. The van der Waals surface area contributed by atoms with Crippen LogP contribution in [0, 0.1) is 0 Å². The van der Waals surface area contributed by atoms with Gasteiger partial charge in [-0.15, -0.1) is 0 Å². The minimum atomic E-state index is -0.193. The predicted molar refractivity (Wildman–Crippen MR) is 121 cm³/mol. The van der Waals surface area contributed by atoms with Gasteiger partial charge in [0.2, 0.25) is 11.8 Å². The lowest BCUT2D eigenvalue weighted by Crippen LogP contribution is -2.38. The first-order valence-electron chi connectivity index (χ1n) is 11.0. The number of carbonyl (C=O) groups is 2. The number of nitrogens with zero attached hydrogens (tertiary/aromatic N) is 3. The number of hydrogen-bond donors (Lipinski definition) is 2. The number of benzene rings is 1. The van der Waals surface area contributed by atoms with E-state index in [1.54, 1.807) is 35.0 Å². The average molecular weight is 436 g/mol. The van der Waals surface area contributed by atoms with Gasteiger partial charge in [0.25, 0.3) is 0 Å². The first-order valence-corrected chi connectivity index (χ1v) is 11.0. The van der Waals surface area contributed by atoms with Crippen LogP contribution in [0.3, 0.4) is 0 Å². The van der Waals surface area contributed by atoms with Crippen LogP contribution in [0.4, 0.5) is 5.82 Å². The molecule has 32 heavy (non-hydrogen) atoms. The summed E-state index contributed by atoms with van der Waals surface area (Å²) in [6, 6.07) is 15.3. The third-order valence-corrected chi connectivity index (χ3v) is 5.64. The van der Waals surface area contributed by atoms with Gasteiger partial charge in [0.05, 0.1) is 37.3 Å². The molecule has 0 aliphatic heterocycles. The van der Waals surface area contributed by atoms with Crippen molar-refractivity contribution < 1.29 is 14.0 Å². The molecule has 3 aromatic rings. The zero-order chi connectivity index (χ0) is 22.3.